The Hall–Kier alpha value is -4.24. The Kier molecular flexibility index (Phi) is 6.39. The second kappa shape index (κ2) is 9.79. The van der Waals surface area contributed by atoms with Gasteiger partial charge in [-0.15, -0.1) is 0 Å². The summed E-state index contributed by atoms with van der Waals surface area (Å²) in [6.07, 6.45) is 0. The summed E-state index contributed by atoms with van der Waals surface area (Å²) in [5, 5.41) is 13.3. The van der Waals surface area contributed by atoms with Gasteiger partial charge in [0.15, 0.2) is 17.1 Å². The predicted molar refractivity (Wildman–Crippen MR) is 139 cm³/mol. The smallest absolute Gasteiger partial charge is 0.300 e. The van der Waals surface area contributed by atoms with Crippen molar-refractivity contribution in [3.63, 3.8) is 0 Å². The number of phenols is 1. The maximum absolute atomic E-state index is 12.9. The van der Waals surface area contributed by atoms with Crippen LogP contribution >= 0.6 is 0 Å². The quantitative estimate of drug-likeness (QED) is 0.379. The molecular weight excluding hydrogens is 460 g/mol. The number of ether oxygens (including phenoxy) is 2. The average molecular weight is 491 g/mol. The second-order valence-electron chi connectivity index (χ2n) is 8.70. The first-order valence-electron chi connectivity index (χ1n) is 11.7. The summed E-state index contributed by atoms with van der Waals surface area (Å²) in [4.78, 5) is 21.6. The Morgan fingerprint density at radius 2 is 1.69 bits per heavy atom. The van der Waals surface area contributed by atoms with Crippen molar-refractivity contribution >= 4 is 28.7 Å². The summed E-state index contributed by atoms with van der Waals surface area (Å²) in [5.41, 5.74) is 4.35. The van der Waals surface area contributed by atoms with Gasteiger partial charge in [0.2, 0.25) is 5.75 Å². The highest BCUT2D eigenvalue weighted by Crippen LogP contribution is 2.40. The zero-order valence-corrected chi connectivity index (χ0v) is 20.4. The van der Waals surface area contributed by atoms with Crippen molar-refractivity contribution < 1.29 is 25.2 Å². The number of carbonyl (C=O) groups excluding carboxylic acids is 1. The molecule has 0 unspecified atom stereocenters. The highest BCUT2D eigenvalue weighted by atomic mass is 16.5. The van der Waals surface area contributed by atoms with E-state index in [1.54, 1.807) is 12.1 Å². The summed E-state index contributed by atoms with van der Waals surface area (Å²) in [5.74, 6) is 0.499. The van der Waals surface area contributed by atoms with Crippen LogP contribution in [0.3, 0.4) is 0 Å². The number of rotatable bonds is 6. The number of anilines is 2. The van der Waals surface area contributed by atoms with Gasteiger partial charge in [-0.1, -0.05) is 24.3 Å². The molecule has 2 heterocycles. The van der Waals surface area contributed by atoms with Crippen molar-refractivity contribution in [2.24, 2.45) is 0 Å². The van der Waals surface area contributed by atoms with Crippen molar-refractivity contribution in [3.8, 4) is 28.4 Å². The number of likely N-dealkylation sites (N-methyl/N-ethyl adjacent to an activating group) is 1. The van der Waals surface area contributed by atoms with Crippen LogP contribution in [-0.2, 0) is 0 Å². The first-order valence-corrected chi connectivity index (χ1v) is 11.7. The van der Waals surface area contributed by atoms with E-state index in [9.17, 15) is 9.90 Å². The number of nitrogens with zero attached hydrogens (tertiary/aromatic N) is 3. The first kappa shape index (κ1) is 23.5. The lowest BCUT2D eigenvalue weighted by atomic mass is 10.0. The standard InChI is InChI=1S/C27H28N4O5.H2/c1-30-11-13-31(14-12-30)26(33)18-9-7-17(8-10-18)20-5-4-6-21-25(20)36-27(29-21)28-19-15-22(34-2)24(32)23(16-19)35-3;/h4-10,15-16,32H,11-14H2,1-3H3,(H,28,29);1H. The summed E-state index contributed by atoms with van der Waals surface area (Å²) < 4.78 is 16.5. The molecule has 0 aliphatic carbocycles. The van der Waals surface area contributed by atoms with Crippen molar-refractivity contribution in [1.82, 2.24) is 14.8 Å². The normalized spacial score (nSPS) is 14.1. The summed E-state index contributed by atoms with van der Waals surface area (Å²) in [6, 6.07) is 16.9. The largest absolute Gasteiger partial charge is 0.502 e. The number of oxazole rings is 1. The second-order valence-corrected chi connectivity index (χ2v) is 8.70. The van der Waals surface area contributed by atoms with Crippen molar-refractivity contribution in [2.45, 2.75) is 0 Å². The van der Waals surface area contributed by atoms with Crippen LogP contribution in [0.25, 0.3) is 22.2 Å². The molecule has 1 aliphatic rings. The minimum Gasteiger partial charge on any atom is -0.502 e. The van der Waals surface area contributed by atoms with Gasteiger partial charge in [-0.25, -0.2) is 0 Å². The SMILES string of the molecule is COc1cc(Nc2nc3cccc(-c4ccc(C(=O)N5CCN(C)CC5)cc4)c3o2)cc(OC)c1O.[HH]. The van der Waals surface area contributed by atoms with Gasteiger partial charge in [0.25, 0.3) is 11.9 Å². The van der Waals surface area contributed by atoms with Gasteiger partial charge in [0.05, 0.1) is 14.2 Å². The third-order valence-corrected chi connectivity index (χ3v) is 6.38. The number of methoxy groups -OCH3 is 2. The molecule has 0 saturated carbocycles. The fourth-order valence-corrected chi connectivity index (χ4v) is 4.30. The van der Waals surface area contributed by atoms with Crippen molar-refractivity contribution in [2.75, 3.05) is 52.8 Å². The lowest BCUT2D eigenvalue weighted by molar-refractivity contribution is 0.0664. The molecule has 4 aromatic rings. The van der Waals surface area contributed by atoms with Crippen LogP contribution in [0, 0.1) is 0 Å². The Labute approximate surface area is 210 Å². The van der Waals surface area contributed by atoms with E-state index in [0.29, 0.717) is 22.4 Å². The zero-order valence-electron chi connectivity index (χ0n) is 20.4. The molecule has 1 aliphatic heterocycles. The predicted octanol–water partition coefficient (Wildman–Crippen LogP) is 4.59. The van der Waals surface area contributed by atoms with Crippen LogP contribution in [0.1, 0.15) is 11.8 Å². The third-order valence-electron chi connectivity index (χ3n) is 6.38. The Morgan fingerprint density at radius 3 is 2.33 bits per heavy atom. The number of aromatic nitrogens is 1. The molecule has 3 aromatic carbocycles. The summed E-state index contributed by atoms with van der Waals surface area (Å²) in [6.45, 7) is 3.25. The molecule has 1 saturated heterocycles. The lowest BCUT2D eigenvalue weighted by Crippen LogP contribution is -2.47. The molecule has 0 atom stereocenters. The number of amides is 1. The minimum atomic E-state index is -0.0834. The number of para-hydroxylation sites is 1. The molecule has 1 fully saturated rings. The number of fused-ring (bicyclic) bond motifs is 1. The topological polar surface area (TPSA) is 100 Å². The van der Waals surface area contributed by atoms with Gasteiger partial charge in [0.1, 0.15) is 5.52 Å². The monoisotopic (exact) mass is 490 g/mol. The molecule has 0 spiro atoms. The zero-order chi connectivity index (χ0) is 25.2. The van der Waals surface area contributed by atoms with E-state index in [1.165, 1.54) is 14.2 Å². The van der Waals surface area contributed by atoms with Gasteiger partial charge in [-0.3, -0.25) is 4.79 Å². The maximum Gasteiger partial charge on any atom is 0.300 e. The molecule has 1 amide bonds. The van der Waals surface area contributed by atoms with E-state index in [2.05, 4.69) is 22.2 Å². The van der Waals surface area contributed by atoms with E-state index < -0.39 is 0 Å². The lowest BCUT2D eigenvalue weighted by Gasteiger charge is -2.32. The summed E-state index contributed by atoms with van der Waals surface area (Å²) in [7, 11) is 5.00. The maximum atomic E-state index is 12.9. The number of phenolic OH excluding ortho intramolecular Hbond substituents is 1. The van der Waals surface area contributed by atoms with Gasteiger partial charge in [-0.05, 0) is 30.8 Å². The molecule has 188 valence electrons. The highest BCUT2D eigenvalue weighted by Gasteiger charge is 2.21. The summed E-state index contributed by atoms with van der Waals surface area (Å²) >= 11 is 0. The highest BCUT2D eigenvalue weighted by molar-refractivity contribution is 5.96. The van der Waals surface area contributed by atoms with Crippen LogP contribution in [0.5, 0.6) is 17.2 Å². The molecule has 0 bridgehead atoms. The molecule has 2 N–H and O–H groups in total. The Balaban J connectivity index is 0.00000320. The fourth-order valence-electron chi connectivity index (χ4n) is 4.30. The molecule has 9 heteroatoms. The van der Waals surface area contributed by atoms with E-state index in [4.69, 9.17) is 13.9 Å². The van der Waals surface area contributed by atoms with Gasteiger partial charge >= 0.3 is 0 Å². The van der Waals surface area contributed by atoms with Crippen LogP contribution in [0.2, 0.25) is 0 Å². The molecule has 0 radical (unpaired) electrons. The third kappa shape index (κ3) is 4.52. The van der Waals surface area contributed by atoms with Gasteiger partial charge < -0.3 is 34.1 Å². The molecule has 5 rings (SSSR count). The van der Waals surface area contributed by atoms with E-state index in [-0.39, 0.29) is 30.6 Å². The van der Waals surface area contributed by atoms with Crippen LogP contribution in [0.15, 0.2) is 59.0 Å². The number of carbonyl (C=O) groups is 1. The Morgan fingerprint density at radius 1 is 1.03 bits per heavy atom. The number of hydrogen-bond donors (Lipinski definition) is 2. The Bertz CT molecular complexity index is 1370. The molecule has 9 nitrogen and oxygen atoms in total. The number of hydrogen-bond acceptors (Lipinski definition) is 8. The number of piperazine rings is 1. The molecule has 36 heavy (non-hydrogen) atoms. The fraction of sp³-hybridized carbons (Fsp3) is 0.259. The van der Waals surface area contributed by atoms with E-state index >= 15 is 0 Å². The van der Waals surface area contributed by atoms with E-state index in [0.717, 1.165) is 37.3 Å². The van der Waals surface area contributed by atoms with E-state index in [1.807, 2.05) is 47.4 Å². The average Bonchev–Trinajstić information content (AvgIpc) is 3.32. The van der Waals surface area contributed by atoms with Crippen LogP contribution < -0.4 is 14.8 Å². The van der Waals surface area contributed by atoms with Crippen LogP contribution in [0.4, 0.5) is 11.7 Å². The van der Waals surface area contributed by atoms with Gasteiger partial charge in [0, 0.05) is 56.6 Å². The number of aromatic hydroxyl groups is 1. The number of benzene rings is 3. The van der Waals surface area contributed by atoms with Gasteiger partial charge in [-0.2, -0.15) is 4.98 Å². The minimum absolute atomic E-state index is 0. The number of nitrogens with one attached hydrogen (secondary N) is 1. The van der Waals surface area contributed by atoms with Crippen LogP contribution in [-0.4, -0.2) is 73.2 Å². The van der Waals surface area contributed by atoms with Crippen molar-refractivity contribution in [1.29, 1.82) is 0 Å². The molecular formula is C27H30N4O5. The first-order chi connectivity index (χ1) is 17.5. The van der Waals surface area contributed by atoms with Crippen molar-refractivity contribution in [3.05, 3.63) is 60.2 Å². The molecule has 1 aromatic heterocycles.